The number of ketones is 1. The Morgan fingerprint density at radius 2 is 1.90 bits per heavy atom. The van der Waals surface area contributed by atoms with Gasteiger partial charge in [0.05, 0.1) is 11.3 Å². The molecule has 0 aliphatic heterocycles. The number of Topliss-reactive ketones (excluding diaryl/α,β-unsaturated/α-hetero) is 1. The lowest BCUT2D eigenvalue weighted by Crippen LogP contribution is -2.15. The molecule has 0 unspecified atom stereocenters. The largest absolute Gasteiger partial charge is 0.478 e. The number of H-pyrrole nitrogens is 1. The molecule has 1 aromatic heterocycles. The Bertz CT molecular complexity index is 731. The third-order valence-electron chi connectivity index (χ3n) is 2.99. The minimum Gasteiger partial charge on any atom is -0.478 e. The highest BCUT2D eigenvalue weighted by atomic mass is 16.4. The van der Waals surface area contributed by atoms with Crippen molar-refractivity contribution in [3.8, 4) is 0 Å². The lowest BCUT2D eigenvalue weighted by atomic mass is 10.1. The summed E-state index contributed by atoms with van der Waals surface area (Å²) < 4.78 is 0. The van der Waals surface area contributed by atoms with E-state index >= 15 is 0 Å². The van der Waals surface area contributed by atoms with E-state index in [0.29, 0.717) is 5.56 Å². The summed E-state index contributed by atoms with van der Waals surface area (Å²) in [5.41, 5.74) is 1.59. The first kappa shape index (κ1) is 14.5. The second kappa shape index (κ2) is 5.62. The third kappa shape index (κ3) is 3.17. The highest BCUT2D eigenvalue weighted by Gasteiger charge is 2.15. The molecule has 2 rings (SSSR count). The van der Waals surface area contributed by atoms with Gasteiger partial charge in [-0.15, -0.1) is 0 Å². The lowest BCUT2D eigenvalue weighted by molar-refractivity contribution is 0.0697. The number of carbonyl (C=O) groups is 3. The number of aryl methyl sites for hydroxylation is 1. The van der Waals surface area contributed by atoms with E-state index in [1.807, 2.05) is 0 Å². The van der Waals surface area contributed by atoms with Crippen LogP contribution >= 0.6 is 0 Å². The summed E-state index contributed by atoms with van der Waals surface area (Å²) in [6, 6.07) is 6.14. The molecule has 0 saturated heterocycles. The van der Waals surface area contributed by atoms with Gasteiger partial charge in [0.25, 0.3) is 5.91 Å². The van der Waals surface area contributed by atoms with Gasteiger partial charge in [-0.1, -0.05) is 11.6 Å². The summed E-state index contributed by atoms with van der Waals surface area (Å²) in [5, 5.41) is 11.7. The van der Waals surface area contributed by atoms with Crippen LogP contribution in [0.2, 0.25) is 0 Å². The van der Waals surface area contributed by atoms with Crippen LogP contribution < -0.4 is 5.32 Å². The minimum absolute atomic E-state index is 0.0155. The quantitative estimate of drug-likeness (QED) is 0.752. The molecule has 1 amide bonds. The van der Waals surface area contributed by atoms with E-state index in [1.54, 1.807) is 13.0 Å². The van der Waals surface area contributed by atoms with Gasteiger partial charge in [0.1, 0.15) is 5.69 Å². The van der Waals surface area contributed by atoms with E-state index in [4.69, 9.17) is 5.11 Å². The smallest absolute Gasteiger partial charge is 0.337 e. The SMILES string of the molecule is CC(=O)c1c[nH]c(C(=O)Nc2ccc(C)cc2C(=O)O)c1. The number of anilines is 1. The number of nitrogens with one attached hydrogen (secondary N) is 2. The number of carbonyl (C=O) groups excluding carboxylic acids is 2. The van der Waals surface area contributed by atoms with Crippen LogP contribution in [0, 0.1) is 6.92 Å². The highest BCUT2D eigenvalue weighted by Crippen LogP contribution is 2.18. The first-order valence-corrected chi connectivity index (χ1v) is 6.23. The van der Waals surface area contributed by atoms with Gasteiger partial charge in [-0.05, 0) is 32.0 Å². The van der Waals surface area contributed by atoms with Gasteiger partial charge in [-0.25, -0.2) is 4.79 Å². The molecule has 3 N–H and O–H groups in total. The van der Waals surface area contributed by atoms with Crippen LogP contribution in [-0.2, 0) is 0 Å². The average molecular weight is 286 g/mol. The fourth-order valence-electron chi connectivity index (χ4n) is 1.86. The topological polar surface area (TPSA) is 99.3 Å². The number of rotatable bonds is 4. The Balaban J connectivity index is 2.27. The Labute approximate surface area is 120 Å². The molecular formula is C15H14N2O4. The van der Waals surface area contributed by atoms with Crippen molar-refractivity contribution in [3.05, 3.63) is 52.8 Å². The molecule has 0 bridgehead atoms. The van der Waals surface area contributed by atoms with Crippen LogP contribution in [0.1, 0.15) is 43.7 Å². The number of carboxylic acids is 1. The van der Waals surface area contributed by atoms with Crippen molar-refractivity contribution in [1.82, 2.24) is 4.98 Å². The monoisotopic (exact) mass is 286 g/mol. The van der Waals surface area contributed by atoms with E-state index in [1.165, 1.54) is 31.3 Å². The number of aromatic amines is 1. The minimum atomic E-state index is -1.12. The van der Waals surface area contributed by atoms with E-state index in [0.717, 1.165) is 5.56 Å². The van der Waals surface area contributed by atoms with Crippen LogP contribution in [-0.4, -0.2) is 27.8 Å². The van der Waals surface area contributed by atoms with E-state index < -0.39 is 11.9 Å². The number of aromatic nitrogens is 1. The van der Waals surface area contributed by atoms with Crippen molar-refractivity contribution < 1.29 is 19.5 Å². The Morgan fingerprint density at radius 3 is 2.48 bits per heavy atom. The number of hydrogen-bond donors (Lipinski definition) is 3. The van der Waals surface area contributed by atoms with Gasteiger partial charge >= 0.3 is 5.97 Å². The zero-order valence-electron chi connectivity index (χ0n) is 11.6. The molecule has 21 heavy (non-hydrogen) atoms. The van der Waals surface area contributed by atoms with E-state index in [2.05, 4.69) is 10.3 Å². The summed E-state index contributed by atoms with van der Waals surface area (Å²) in [5.74, 6) is -1.79. The van der Waals surface area contributed by atoms with Crippen LogP contribution in [0.25, 0.3) is 0 Å². The number of carboxylic acid groups (broad SMARTS) is 1. The molecule has 0 aliphatic rings. The van der Waals surface area contributed by atoms with Crippen molar-refractivity contribution in [2.24, 2.45) is 0 Å². The van der Waals surface area contributed by atoms with Gasteiger partial charge in [-0.2, -0.15) is 0 Å². The maximum absolute atomic E-state index is 12.1. The highest BCUT2D eigenvalue weighted by molar-refractivity contribution is 6.08. The predicted molar refractivity (Wildman–Crippen MR) is 76.9 cm³/mol. The summed E-state index contributed by atoms with van der Waals surface area (Å²) in [6.45, 7) is 3.16. The number of hydrogen-bond acceptors (Lipinski definition) is 3. The maximum Gasteiger partial charge on any atom is 0.337 e. The summed E-state index contributed by atoms with van der Waals surface area (Å²) in [4.78, 5) is 37.1. The van der Waals surface area contributed by atoms with Crippen LogP contribution in [0.4, 0.5) is 5.69 Å². The number of aromatic carboxylic acids is 1. The van der Waals surface area contributed by atoms with Crippen LogP contribution in [0.5, 0.6) is 0 Å². The predicted octanol–water partition coefficient (Wildman–Crippen LogP) is 2.48. The molecule has 0 spiro atoms. The van der Waals surface area contributed by atoms with Crippen LogP contribution in [0.3, 0.4) is 0 Å². The lowest BCUT2D eigenvalue weighted by Gasteiger charge is -2.08. The molecule has 0 aliphatic carbocycles. The molecule has 6 nitrogen and oxygen atoms in total. The van der Waals surface area contributed by atoms with Crippen molar-refractivity contribution in [2.75, 3.05) is 5.32 Å². The molecular weight excluding hydrogens is 272 g/mol. The number of amides is 1. The fraction of sp³-hybridized carbons (Fsp3) is 0.133. The van der Waals surface area contributed by atoms with Gasteiger partial charge < -0.3 is 15.4 Å². The summed E-state index contributed by atoms with van der Waals surface area (Å²) in [6.07, 6.45) is 1.44. The molecule has 6 heteroatoms. The summed E-state index contributed by atoms with van der Waals surface area (Å²) >= 11 is 0. The van der Waals surface area contributed by atoms with Crippen LogP contribution in [0.15, 0.2) is 30.5 Å². The first-order valence-electron chi connectivity index (χ1n) is 6.23. The fourth-order valence-corrected chi connectivity index (χ4v) is 1.86. The van der Waals surface area contributed by atoms with E-state index in [9.17, 15) is 14.4 Å². The number of benzene rings is 1. The first-order chi connectivity index (χ1) is 9.88. The average Bonchev–Trinajstić information content (AvgIpc) is 2.90. The second-order valence-electron chi connectivity index (χ2n) is 4.67. The Kier molecular flexibility index (Phi) is 3.89. The second-order valence-corrected chi connectivity index (χ2v) is 4.67. The van der Waals surface area contributed by atoms with Crippen molar-refractivity contribution in [1.29, 1.82) is 0 Å². The van der Waals surface area contributed by atoms with Crippen molar-refractivity contribution in [2.45, 2.75) is 13.8 Å². The molecule has 1 heterocycles. The molecule has 0 fully saturated rings. The molecule has 108 valence electrons. The van der Waals surface area contributed by atoms with Crippen molar-refractivity contribution in [3.63, 3.8) is 0 Å². The van der Waals surface area contributed by atoms with Gasteiger partial charge in [-0.3, -0.25) is 9.59 Å². The summed E-state index contributed by atoms with van der Waals surface area (Å²) in [7, 11) is 0. The maximum atomic E-state index is 12.1. The van der Waals surface area contributed by atoms with Gasteiger partial charge in [0.15, 0.2) is 5.78 Å². The molecule has 0 atom stereocenters. The normalized spacial score (nSPS) is 10.2. The Morgan fingerprint density at radius 1 is 1.19 bits per heavy atom. The van der Waals surface area contributed by atoms with Crippen molar-refractivity contribution >= 4 is 23.3 Å². The Hall–Kier alpha value is -2.89. The molecule has 2 aromatic rings. The zero-order valence-corrected chi connectivity index (χ0v) is 11.6. The molecule has 1 aromatic carbocycles. The third-order valence-corrected chi connectivity index (χ3v) is 2.99. The van der Waals surface area contributed by atoms with E-state index in [-0.39, 0.29) is 22.7 Å². The van der Waals surface area contributed by atoms with Gasteiger partial charge in [0, 0.05) is 11.8 Å². The standard InChI is InChI=1S/C15H14N2O4/c1-8-3-4-12(11(5-8)15(20)21)17-14(19)13-6-10(7-16-13)9(2)18/h3-7,16H,1-2H3,(H,17,19)(H,20,21). The van der Waals surface area contributed by atoms with Gasteiger partial charge in [0.2, 0.25) is 0 Å². The molecule has 0 radical (unpaired) electrons. The zero-order chi connectivity index (χ0) is 15.6. The molecule has 0 saturated carbocycles.